The van der Waals surface area contributed by atoms with Gasteiger partial charge in [-0.2, -0.15) is 0 Å². The fourth-order valence-electron chi connectivity index (χ4n) is 1.70. The number of halogens is 2. The molecule has 1 aliphatic heterocycles. The zero-order valence-electron chi connectivity index (χ0n) is 9.79. The number of carbonyl (C=O) groups is 2. The second-order valence-electron chi connectivity index (χ2n) is 3.97. The number of hydrogen-bond donors (Lipinski definition) is 3. The number of anilines is 1. The van der Waals surface area contributed by atoms with Crippen LogP contribution in [0, 0.1) is 18.6 Å². The molecule has 1 heterocycles. The Bertz CT molecular complexity index is 562. The summed E-state index contributed by atoms with van der Waals surface area (Å²) >= 11 is 0. The normalized spacial score (nSPS) is 17.8. The third kappa shape index (κ3) is 2.42. The molecule has 0 spiro atoms. The maximum absolute atomic E-state index is 13.6. The largest absolute Gasteiger partial charge is 0.488 e. The SMILES string of the molecule is Cc1c(F)cc(F)c2c1OCC(NC(=O)O)C(=O)N2. The predicted molar refractivity (Wildman–Crippen MR) is 60.2 cm³/mol. The lowest BCUT2D eigenvalue weighted by Gasteiger charge is -2.12. The monoisotopic (exact) mass is 272 g/mol. The minimum absolute atomic E-state index is 0.0349. The van der Waals surface area contributed by atoms with Crippen LogP contribution in [0.5, 0.6) is 5.75 Å². The highest BCUT2D eigenvalue weighted by molar-refractivity contribution is 5.98. The molecular weight excluding hydrogens is 262 g/mol. The van der Waals surface area contributed by atoms with Crippen LogP contribution in [0.25, 0.3) is 0 Å². The van der Waals surface area contributed by atoms with Gasteiger partial charge in [0.25, 0.3) is 5.91 Å². The van der Waals surface area contributed by atoms with Crippen molar-refractivity contribution in [1.82, 2.24) is 5.32 Å². The van der Waals surface area contributed by atoms with Gasteiger partial charge in [0.05, 0.1) is 0 Å². The molecule has 0 bridgehead atoms. The first-order chi connectivity index (χ1) is 8.90. The summed E-state index contributed by atoms with van der Waals surface area (Å²) in [6.45, 7) is 1.01. The van der Waals surface area contributed by atoms with E-state index in [0.29, 0.717) is 6.07 Å². The van der Waals surface area contributed by atoms with Gasteiger partial charge in [-0.1, -0.05) is 0 Å². The maximum Gasteiger partial charge on any atom is 0.405 e. The molecular formula is C11H10F2N2O4. The number of ether oxygens (including phenoxy) is 1. The molecule has 0 aromatic heterocycles. The average Bonchev–Trinajstić information content (AvgIpc) is 2.47. The highest BCUT2D eigenvalue weighted by atomic mass is 19.1. The van der Waals surface area contributed by atoms with E-state index in [9.17, 15) is 18.4 Å². The summed E-state index contributed by atoms with van der Waals surface area (Å²) in [6, 6.07) is -0.574. The van der Waals surface area contributed by atoms with Crippen LogP contribution in [0.4, 0.5) is 19.3 Å². The van der Waals surface area contributed by atoms with Crippen LogP contribution >= 0.6 is 0 Å². The molecule has 0 saturated heterocycles. The van der Waals surface area contributed by atoms with Crippen LogP contribution in [0.2, 0.25) is 0 Å². The Kier molecular flexibility index (Phi) is 3.24. The molecule has 0 aliphatic carbocycles. The zero-order chi connectivity index (χ0) is 14.2. The van der Waals surface area contributed by atoms with Crippen LogP contribution in [0.3, 0.4) is 0 Å². The molecule has 19 heavy (non-hydrogen) atoms. The van der Waals surface area contributed by atoms with E-state index >= 15 is 0 Å². The van der Waals surface area contributed by atoms with Gasteiger partial charge < -0.3 is 20.5 Å². The molecule has 2 rings (SSSR count). The smallest absolute Gasteiger partial charge is 0.405 e. The van der Waals surface area contributed by atoms with Crippen molar-refractivity contribution in [2.24, 2.45) is 0 Å². The van der Waals surface area contributed by atoms with Crippen molar-refractivity contribution < 1.29 is 28.2 Å². The fourth-order valence-corrected chi connectivity index (χ4v) is 1.70. The molecule has 8 heteroatoms. The summed E-state index contributed by atoms with van der Waals surface area (Å²) in [7, 11) is 0. The molecule has 2 amide bonds. The van der Waals surface area contributed by atoms with Crippen molar-refractivity contribution in [1.29, 1.82) is 0 Å². The van der Waals surface area contributed by atoms with Crippen LogP contribution in [0.15, 0.2) is 6.07 Å². The molecule has 0 radical (unpaired) electrons. The van der Waals surface area contributed by atoms with Crippen LogP contribution in [-0.2, 0) is 4.79 Å². The molecule has 1 atom stereocenters. The predicted octanol–water partition coefficient (Wildman–Crippen LogP) is 1.24. The minimum Gasteiger partial charge on any atom is -0.488 e. The van der Waals surface area contributed by atoms with E-state index in [1.54, 1.807) is 0 Å². The highest BCUT2D eigenvalue weighted by Crippen LogP contribution is 2.35. The summed E-state index contributed by atoms with van der Waals surface area (Å²) in [6.07, 6.45) is -1.42. The van der Waals surface area contributed by atoms with Crippen molar-refractivity contribution in [3.8, 4) is 5.75 Å². The van der Waals surface area contributed by atoms with E-state index in [1.165, 1.54) is 6.92 Å². The molecule has 6 nitrogen and oxygen atoms in total. The van der Waals surface area contributed by atoms with Gasteiger partial charge in [0.1, 0.15) is 24.2 Å². The van der Waals surface area contributed by atoms with Crippen molar-refractivity contribution in [3.63, 3.8) is 0 Å². The van der Waals surface area contributed by atoms with Gasteiger partial charge in [0, 0.05) is 11.6 Å². The number of rotatable bonds is 1. The second-order valence-corrected chi connectivity index (χ2v) is 3.97. The third-order valence-electron chi connectivity index (χ3n) is 2.67. The second kappa shape index (κ2) is 4.71. The van der Waals surface area contributed by atoms with Gasteiger partial charge in [-0.25, -0.2) is 13.6 Å². The van der Waals surface area contributed by atoms with Crippen molar-refractivity contribution >= 4 is 17.7 Å². The van der Waals surface area contributed by atoms with E-state index in [4.69, 9.17) is 9.84 Å². The summed E-state index contributed by atoms with van der Waals surface area (Å²) in [5.41, 5.74) is -0.258. The quantitative estimate of drug-likeness (QED) is 0.717. The number of amides is 2. The molecule has 0 saturated carbocycles. The standard InChI is InChI=1S/C11H10F2N2O4/c1-4-5(12)2-6(13)8-9(4)19-3-7(10(16)15-8)14-11(17)18/h2,7,14H,3H2,1H3,(H,15,16)(H,17,18). The highest BCUT2D eigenvalue weighted by Gasteiger charge is 2.29. The van der Waals surface area contributed by atoms with E-state index in [2.05, 4.69) is 5.32 Å². The average molecular weight is 272 g/mol. The van der Waals surface area contributed by atoms with Crippen molar-refractivity contribution in [3.05, 3.63) is 23.3 Å². The van der Waals surface area contributed by atoms with Gasteiger partial charge in [-0.05, 0) is 6.92 Å². The fraction of sp³-hybridized carbons (Fsp3) is 0.273. The molecule has 3 N–H and O–H groups in total. The Morgan fingerprint density at radius 3 is 2.84 bits per heavy atom. The molecule has 1 unspecified atom stereocenters. The van der Waals surface area contributed by atoms with Crippen LogP contribution in [0.1, 0.15) is 5.56 Å². The minimum atomic E-state index is -1.42. The lowest BCUT2D eigenvalue weighted by molar-refractivity contribution is -0.118. The Labute approximate surface area is 106 Å². The maximum atomic E-state index is 13.6. The molecule has 1 aliphatic rings. The van der Waals surface area contributed by atoms with E-state index in [0.717, 1.165) is 0 Å². The Hall–Kier alpha value is -2.38. The van der Waals surface area contributed by atoms with Gasteiger partial charge in [0.2, 0.25) is 0 Å². The van der Waals surface area contributed by atoms with Gasteiger partial charge >= 0.3 is 6.09 Å². The number of carboxylic acid groups (broad SMARTS) is 1. The Balaban J connectivity index is 2.38. The number of fused-ring (bicyclic) bond motifs is 1. The number of benzene rings is 1. The molecule has 102 valence electrons. The summed E-state index contributed by atoms with van der Waals surface area (Å²) in [5.74, 6) is -2.70. The first-order valence-corrected chi connectivity index (χ1v) is 5.32. The first kappa shape index (κ1) is 13.1. The summed E-state index contributed by atoms with van der Waals surface area (Å²) < 4.78 is 32.1. The molecule has 1 aromatic rings. The lowest BCUT2D eigenvalue weighted by Crippen LogP contribution is -2.45. The Morgan fingerprint density at radius 2 is 2.21 bits per heavy atom. The zero-order valence-corrected chi connectivity index (χ0v) is 9.79. The molecule has 0 fully saturated rings. The number of hydrogen-bond acceptors (Lipinski definition) is 3. The van der Waals surface area contributed by atoms with Gasteiger partial charge in [-0.15, -0.1) is 0 Å². The lowest BCUT2D eigenvalue weighted by atomic mass is 10.1. The first-order valence-electron chi connectivity index (χ1n) is 5.32. The van der Waals surface area contributed by atoms with E-state index < -0.39 is 29.7 Å². The third-order valence-corrected chi connectivity index (χ3v) is 2.67. The van der Waals surface area contributed by atoms with E-state index in [-0.39, 0.29) is 23.6 Å². The van der Waals surface area contributed by atoms with E-state index in [1.807, 2.05) is 5.32 Å². The van der Waals surface area contributed by atoms with Crippen molar-refractivity contribution in [2.45, 2.75) is 13.0 Å². The summed E-state index contributed by atoms with van der Waals surface area (Å²) in [4.78, 5) is 22.2. The van der Waals surface area contributed by atoms with Crippen LogP contribution < -0.4 is 15.4 Å². The molecule has 1 aromatic carbocycles. The van der Waals surface area contributed by atoms with Gasteiger partial charge in [0.15, 0.2) is 11.6 Å². The topological polar surface area (TPSA) is 87.7 Å². The number of carbonyl (C=O) groups excluding carboxylic acids is 1. The van der Waals surface area contributed by atoms with Crippen LogP contribution in [-0.4, -0.2) is 29.8 Å². The number of nitrogens with one attached hydrogen (secondary N) is 2. The van der Waals surface area contributed by atoms with Gasteiger partial charge in [-0.3, -0.25) is 4.79 Å². The summed E-state index contributed by atoms with van der Waals surface area (Å²) in [5, 5.41) is 12.7. The van der Waals surface area contributed by atoms with Crippen molar-refractivity contribution in [2.75, 3.05) is 11.9 Å². The Morgan fingerprint density at radius 1 is 1.53 bits per heavy atom.